The Balaban J connectivity index is 1.76. The number of para-hydroxylation sites is 1. The first-order valence-electron chi connectivity index (χ1n) is 6.70. The number of amides is 1. The van der Waals surface area contributed by atoms with Crippen LogP contribution in [0.5, 0.6) is 5.88 Å². The normalized spacial score (nSPS) is 16.4. The van der Waals surface area contributed by atoms with E-state index >= 15 is 0 Å². The van der Waals surface area contributed by atoms with Gasteiger partial charge in [-0.1, -0.05) is 18.2 Å². The Morgan fingerprint density at radius 1 is 1.30 bits per heavy atom. The van der Waals surface area contributed by atoms with Crippen LogP contribution in [0.15, 0.2) is 34.5 Å². The van der Waals surface area contributed by atoms with Gasteiger partial charge in [-0.2, -0.15) is 0 Å². The van der Waals surface area contributed by atoms with Crippen LogP contribution in [0.4, 0.5) is 5.69 Å². The van der Waals surface area contributed by atoms with Crippen molar-refractivity contribution in [2.45, 2.75) is 12.8 Å². The molecule has 0 unspecified atom stereocenters. The number of fused-ring (bicyclic) bond motifs is 1. The highest BCUT2D eigenvalue weighted by molar-refractivity contribution is 5.94. The third-order valence-corrected chi connectivity index (χ3v) is 3.48. The van der Waals surface area contributed by atoms with Gasteiger partial charge in [-0.05, 0) is 32.0 Å². The largest absolute Gasteiger partial charge is 0.493 e. The molecule has 1 aliphatic rings. The molecular weight excluding hydrogens is 256 g/mol. The molecule has 1 amide bonds. The fraction of sp³-hybridized carbons (Fsp3) is 0.357. The van der Waals surface area contributed by atoms with Crippen LogP contribution in [-0.4, -0.2) is 40.5 Å². The third-order valence-electron chi connectivity index (χ3n) is 3.48. The van der Waals surface area contributed by atoms with E-state index in [0.29, 0.717) is 12.2 Å². The molecule has 1 aromatic carbocycles. The number of hydrogen-bond acceptors (Lipinski definition) is 4. The Kier molecular flexibility index (Phi) is 3.47. The van der Waals surface area contributed by atoms with E-state index in [4.69, 9.17) is 0 Å². The van der Waals surface area contributed by atoms with E-state index < -0.39 is 0 Å². The van der Waals surface area contributed by atoms with E-state index in [-0.39, 0.29) is 11.8 Å². The van der Waals surface area contributed by atoms with Crippen molar-refractivity contribution >= 4 is 22.5 Å². The average Bonchev–Trinajstić information content (AvgIpc) is 3.03. The van der Waals surface area contributed by atoms with Gasteiger partial charge < -0.3 is 10.1 Å². The number of aromatic nitrogens is 1. The Hall–Kier alpha value is -2.21. The molecule has 0 radical (unpaired) electrons. The maximum atomic E-state index is 11.7. The molecule has 20 heavy (non-hydrogen) atoms. The smallest absolute Gasteiger partial charge is 0.278 e. The third kappa shape index (κ3) is 2.55. The Morgan fingerprint density at radius 3 is 2.85 bits per heavy atom. The van der Waals surface area contributed by atoms with E-state index in [9.17, 15) is 9.90 Å². The Morgan fingerprint density at radius 2 is 2.05 bits per heavy atom. The molecule has 1 saturated heterocycles. The molecule has 1 aliphatic heterocycles. The summed E-state index contributed by atoms with van der Waals surface area (Å²) in [5, 5.41) is 18.2. The van der Waals surface area contributed by atoms with Crippen molar-refractivity contribution in [3.8, 4) is 5.88 Å². The van der Waals surface area contributed by atoms with E-state index in [1.54, 1.807) is 0 Å². The zero-order chi connectivity index (χ0) is 13.9. The van der Waals surface area contributed by atoms with Crippen LogP contribution in [0, 0.1) is 0 Å². The summed E-state index contributed by atoms with van der Waals surface area (Å²) in [5.74, 6) is -0.347. The summed E-state index contributed by atoms with van der Waals surface area (Å²) in [4.78, 5) is 16.6. The van der Waals surface area contributed by atoms with Crippen LogP contribution in [0.1, 0.15) is 12.8 Å². The lowest BCUT2D eigenvalue weighted by atomic mass is 10.2. The maximum absolute atomic E-state index is 11.7. The number of aromatic amines is 1. The van der Waals surface area contributed by atoms with Gasteiger partial charge in [-0.25, -0.2) is 0 Å². The highest BCUT2D eigenvalue weighted by atomic mass is 16.3. The SMILES string of the molecule is O=C(CN1CCCC1)N=Nc1c(O)[nH]c2ccccc12. The molecule has 6 heteroatoms. The summed E-state index contributed by atoms with van der Waals surface area (Å²) < 4.78 is 0. The first-order valence-corrected chi connectivity index (χ1v) is 6.70. The van der Waals surface area contributed by atoms with Gasteiger partial charge in [0.25, 0.3) is 5.91 Å². The number of azo groups is 1. The van der Waals surface area contributed by atoms with E-state index in [0.717, 1.165) is 36.8 Å². The zero-order valence-corrected chi connectivity index (χ0v) is 11.0. The van der Waals surface area contributed by atoms with Gasteiger partial charge >= 0.3 is 0 Å². The number of rotatable bonds is 3. The molecule has 3 rings (SSSR count). The second kappa shape index (κ2) is 5.42. The summed E-state index contributed by atoms with van der Waals surface area (Å²) in [6, 6.07) is 7.36. The fourth-order valence-corrected chi connectivity index (χ4v) is 2.48. The number of nitrogens with zero attached hydrogens (tertiary/aromatic N) is 3. The predicted molar refractivity (Wildman–Crippen MR) is 75.2 cm³/mol. The van der Waals surface area contributed by atoms with Crippen LogP contribution >= 0.6 is 0 Å². The monoisotopic (exact) mass is 272 g/mol. The first kappa shape index (κ1) is 12.8. The van der Waals surface area contributed by atoms with Crippen molar-refractivity contribution in [1.82, 2.24) is 9.88 Å². The summed E-state index contributed by atoms with van der Waals surface area (Å²) >= 11 is 0. The average molecular weight is 272 g/mol. The van der Waals surface area contributed by atoms with Gasteiger partial charge in [0, 0.05) is 5.39 Å². The van der Waals surface area contributed by atoms with Crippen LogP contribution in [0.25, 0.3) is 10.9 Å². The van der Waals surface area contributed by atoms with Gasteiger partial charge in [-0.3, -0.25) is 9.69 Å². The number of hydrogen-bond donors (Lipinski definition) is 2. The molecule has 104 valence electrons. The lowest BCUT2D eigenvalue weighted by molar-refractivity contribution is -0.119. The molecule has 2 heterocycles. The highest BCUT2D eigenvalue weighted by Gasteiger charge is 2.15. The van der Waals surface area contributed by atoms with Gasteiger partial charge in [-0.15, -0.1) is 10.2 Å². The summed E-state index contributed by atoms with van der Waals surface area (Å²) in [6.45, 7) is 2.19. The number of nitrogens with one attached hydrogen (secondary N) is 1. The number of benzene rings is 1. The van der Waals surface area contributed by atoms with Crippen molar-refractivity contribution in [2.75, 3.05) is 19.6 Å². The highest BCUT2D eigenvalue weighted by Crippen LogP contribution is 2.35. The molecule has 0 saturated carbocycles. The van der Waals surface area contributed by atoms with Crippen molar-refractivity contribution in [1.29, 1.82) is 0 Å². The molecule has 0 atom stereocenters. The topological polar surface area (TPSA) is 81.1 Å². The molecule has 2 N–H and O–H groups in total. The van der Waals surface area contributed by atoms with Crippen LogP contribution in [0.2, 0.25) is 0 Å². The van der Waals surface area contributed by atoms with Crippen molar-refractivity contribution in [3.63, 3.8) is 0 Å². The maximum Gasteiger partial charge on any atom is 0.278 e. The molecule has 0 bridgehead atoms. The summed E-state index contributed by atoms with van der Waals surface area (Å²) in [6.07, 6.45) is 2.27. The minimum atomic E-state index is -0.281. The van der Waals surface area contributed by atoms with Gasteiger partial charge in [0.2, 0.25) is 5.88 Å². The lowest BCUT2D eigenvalue weighted by Gasteiger charge is -2.09. The molecule has 1 aromatic heterocycles. The molecule has 0 aliphatic carbocycles. The molecule has 2 aromatic rings. The first-order chi connectivity index (χ1) is 9.74. The summed E-state index contributed by atoms with van der Waals surface area (Å²) in [5.41, 5.74) is 1.08. The summed E-state index contributed by atoms with van der Waals surface area (Å²) in [7, 11) is 0. The predicted octanol–water partition coefficient (Wildman–Crippen LogP) is 2.58. The molecule has 0 spiro atoms. The lowest BCUT2D eigenvalue weighted by Crippen LogP contribution is -2.25. The van der Waals surface area contributed by atoms with Crippen molar-refractivity contribution in [2.24, 2.45) is 10.2 Å². The fourth-order valence-electron chi connectivity index (χ4n) is 2.48. The minimum absolute atomic E-state index is 0.0658. The number of H-pyrrole nitrogens is 1. The number of carbonyl (C=O) groups excluding carboxylic acids is 1. The Labute approximate surface area is 116 Å². The van der Waals surface area contributed by atoms with Crippen molar-refractivity contribution < 1.29 is 9.90 Å². The number of likely N-dealkylation sites (tertiary alicyclic amines) is 1. The van der Waals surface area contributed by atoms with Crippen molar-refractivity contribution in [3.05, 3.63) is 24.3 Å². The van der Waals surface area contributed by atoms with Gasteiger partial charge in [0.15, 0.2) is 5.69 Å². The quantitative estimate of drug-likeness (QED) is 0.842. The van der Waals surface area contributed by atoms with Gasteiger partial charge in [0.1, 0.15) is 0 Å². The molecule has 6 nitrogen and oxygen atoms in total. The van der Waals surface area contributed by atoms with Crippen LogP contribution < -0.4 is 0 Å². The van der Waals surface area contributed by atoms with E-state index in [1.807, 2.05) is 24.3 Å². The zero-order valence-electron chi connectivity index (χ0n) is 11.0. The van der Waals surface area contributed by atoms with Gasteiger partial charge in [0.05, 0.1) is 12.1 Å². The van der Waals surface area contributed by atoms with E-state index in [2.05, 4.69) is 20.1 Å². The molecule has 1 fully saturated rings. The standard InChI is InChI=1S/C14H16N4O2/c19-12(9-18-7-3-4-8-18)16-17-13-10-5-1-2-6-11(10)15-14(13)20/h1-2,5-6,15,20H,3-4,7-9H2. The van der Waals surface area contributed by atoms with Crippen LogP contribution in [0.3, 0.4) is 0 Å². The van der Waals surface area contributed by atoms with E-state index in [1.165, 1.54) is 0 Å². The minimum Gasteiger partial charge on any atom is -0.493 e. The Bertz CT molecular complexity index is 656. The number of carbonyl (C=O) groups is 1. The second-order valence-corrected chi connectivity index (χ2v) is 4.94. The second-order valence-electron chi connectivity index (χ2n) is 4.94. The number of aromatic hydroxyl groups is 1. The molecular formula is C14H16N4O2. The van der Waals surface area contributed by atoms with Crippen LogP contribution in [-0.2, 0) is 4.79 Å².